The number of rotatable bonds is 22. The molecule has 1 fully saturated rings. The Bertz CT molecular complexity index is 1080. The van der Waals surface area contributed by atoms with Crippen molar-refractivity contribution in [1.29, 1.82) is 0 Å². The van der Waals surface area contributed by atoms with Gasteiger partial charge in [0.1, 0.15) is 42.0 Å². The van der Waals surface area contributed by atoms with Gasteiger partial charge in [-0.3, -0.25) is 0 Å². The first kappa shape index (κ1) is 37.6. The standard InChI is InChI=1S/C37H57ClO7/c1-6-11-19-40-26-33-35(42-20-12-7-2)37(44-22-14-9-4)36(43-21-13-8-3)34(45-33)30-24-28(31(38)25-32(30)39)23-27-15-17-29(18-16-27)41-10-5/h15-18,24-25,33-37,39H,6-14,19-23,26H2,1-5H3/t33-,34+,35-,36+,37+/m1/s1. The summed E-state index contributed by atoms with van der Waals surface area (Å²) < 4.78 is 38.4. The molecule has 2 aromatic rings. The van der Waals surface area contributed by atoms with Crippen molar-refractivity contribution in [1.82, 2.24) is 0 Å². The van der Waals surface area contributed by atoms with Gasteiger partial charge in [-0.25, -0.2) is 0 Å². The SMILES string of the molecule is CCCCOC[C@H]1O[C@@H](c2cc(Cc3ccc(OCC)cc3)c(Cl)cc2O)[C@H](OCCCC)[C@@H](OCCCC)[C@@H]1OCCCC. The van der Waals surface area contributed by atoms with Gasteiger partial charge in [0.2, 0.25) is 0 Å². The molecule has 0 saturated carbocycles. The molecule has 0 unspecified atom stereocenters. The topological polar surface area (TPSA) is 75.6 Å². The summed E-state index contributed by atoms with van der Waals surface area (Å²) in [4.78, 5) is 0. The van der Waals surface area contributed by atoms with Crippen molar-refractivity contribution in [2.45, 2.75) is 123 Å². The Morgan fingerprint density at radius 2 is 1.31 bits per heavy atom. The monoisotopic (exact) mass is 648 g/mol. The number of benzene rings is 2. The molecule has 254 valence electrons. The molecule has 0 spiro atoms. The van der Waals surface area contributed by atoms with Crippen LogP contribution in [0.2, 0.25) is 5.02 Å². The van der Waals surface area contributed by atoms with Gasteiger partial charge in [-0.15, -0.1) is 0 Å². The van der Waals surface area contributed by atoms with E-state index in [1.165, 1.54) is 0 Å². The van der Waals surface area contributed by atoms with Gasteiger partial charge in [0.05, 0.1) is 13.2 Å². The van der Waals surface area contributed by atoms with Crippen molar-refractivity contribution in [3.63, 3.8) is 0 Å². The summed E-state index contributed by atoms with van der Waals surface area (Å²) in [5.41, 5.74) is 2.62. The average Bonchev–Trinajstić information content (AvgIpc) is 3.03. The van der Waals surface area contributed by atoms with E-state index >= 15 is 0 Å². The van der Waals surface area contributed by atoms with E-state index in [0.29, 0.717) is 56.6 Å². The number of phenolic OH excluding ortho intramolecular Hbond substituents is 1. The van der Waals surface area contributed by atoms with E-state index in [2.05, 4.69) is 27.7 Å². The van der Waals surface area contributed by atoms with Gasteiger partial charge in [0.25, 0.3) is 0 Å². The third kappa shape index (κ3) is 11.7. The smallest absolute Gasteiger partial charge is 0.122 e. The molecule has 0 aliphatic carbocycles. The van der Waals surface area contributed by atoms with Crippen molar-refractivity contribution < 1.29 is 33.5 Å². The average molecular weight is 649 g/mol. The van der Waals surface area contributed by atoms with E-state index in [1.54, 1.807) is 6.07 Å². The lowest BCUT2D eigenvalue weighted by atomic mass is 9.88. The van der Waals surface area contributed by atoms with Crippen molar-refractivity contribution in [3.8, 4) is 11.5 Å². The highest BCUT2D eigenvalue weighted by atomic mass is 35.5. The molecule has 1 N–H and O–H groups in total. The van der Waals surface area contributed by atoms with Crippen LogP contribution in [0.5, 0.6) is 11.5 Å². The molecule has 1 heterocycles. The Morgan fingerprint density at radius 3 is 1.91 bits per heavy atom. The van der Waals surface area contributed by atoms with E-state index < -0.39 is 24.4 Å². The molecule has 0 aromatic heterocycles. The Kier molecular flexibility index (Phi) is 17.6. The zero-order chi connectivity index (χ0) is 32.4. The van der Waals surface area contributed by atoms with Crippen LogP contribution >= 0.6 is 11.6 Å². The summed E-state index contributed by atoms with van der Waals surface area (Å²) in [5.74, 6) is 0.909. The van der Waals surface area contributed by atoms with E-state index in [4.69, 9.17) is 40.0 Å². The van der Waals surface area contributed by atoms with Gasteiger partial charge in [0.15, 0.2) is 0 Å². The Morgan fingerprint density at radius 1 is 0.733 bits per heavy atom. The maximum atomic E-state index is 11.4. The summed E-state index contributed by atoms with van der Waals surface area (Å²) in [6.07, 6.45) is 6.21. The van der Waals surface area contributed by atoms with E-state index in [9.17, 15) is 5.11 Å². The molecule has 0 amide bonds. The molecule has 8 heteroatoms. The van der Waals surface area contributed by atoms with Crippen LogP contribution in [-0.4, -0.2) is 69.2 Å². The Balaban J connectivity index is 2.01. The van der Waals surface area contributed by atoms with Gasteiger partial charge in [-0.1, -0.05) is 77.1 Å². The fourth-order valence-corrected chi connectivity index (χ4v) is 5.71. The number of aromatic hydroxyl groups is 1. The maximum absolute atomic E-state index is 11.4. The zero-order valence-electron chi connectivity index (χ0n) is 28.2. The second kappa shape index (κ2) is 21.1. The first-order chi connectivity index (χ1) is 22.0. The molecule has 1 saturated heterocycles. The number of hydrogen-bond acceptors (Lipinski definition) is 7. The maximum Gasteiger partial charge on any atom is 0.122 e. The van der Waals surface area contributed by atoms with E-state index in [0.717, 1.165) is 68.2 Å². The van der Waals surface area contributed by atoms with Crippen LogP contribution in [0, 0.1) is 0 Å². The number of ether oxygens (including phenoxy) is 6. The molecular formula is C37H57ClO7. The first-order valence-corrected chi connectivity index (χ1v) is 17.7. The van der Waals surface area contributed by atoms with Crippen molar-refractivity contribution in [2.75, 3.05) is 39.6 Å². The summed E-state index contributed by atoms with van der Waals surface area (Å²) in [6, 6.07) is 11.6. The number of phenols is 1. The van der Waals surface area contributed by atoms with E-state index in [1.807, 2.05) is 37.3 Å². The second-order valence-corrected chi connectivity index (χ2v) is 12.3. The van der Waals surface area contributed by atoms with Crippen molar-refractivity contribution in [3.05, 3.63) is 58.1 Å². The van der Waals surface area contributed by atoms with Crippen LogP contribution in [0.1, 0.15) is 109 Å². The predicted octanol–water partition coefficient (Wildman–Crippen LogP) is 8.85. The number of hydrogen-bond donors (Lipinski definition) is 1. The fraction of sp³-hybridized carbons (Fsp3) is 0.676. The van der Waals surface area contributed by atoms with Gasteiger partial charge in [-0.2, -0.15) is 0 Å². The molecule has 2 aromatic carbocycles. The summed E-state index contributed by atoms with van der Waals surface area (Å²) in [5, 5.41) is 11.9. The molecule has 1 aliphatic rings. The predicted molar refractivity (Wildman–Crippen MR) is 181 cm³/mol. The fourth-order valence-electron chi connectivity index (χ4n) is 5.49. The van der Waals surface area contributed by atoms with Gasteiger partial charge in [-0.05, 0) is 74.4 Å². The lowest BCUT2D eigenvalue weighted by Crippen LogP contribution is -2.58. The molecule has 5 atom stereocenters. The van der Waals surface area contributed by atoms with Crippen molar-refractivity contribution in [2.24, 2.45) is 0 Å². The van der Waals surface area contributed by atoms with Gasteiger partial charge in [0, 0.05) is 37.0 Å². The van der Waals surface area contributed by atoms with Crippen LogP contribution in [0.25, 0.3) is 0 Å². The van der Waals surface area contributed by atoms with Crippen molar-refractivity contribution >= 4 is 11.6 Å². The van der Waals surface area contributed by atoms with E-state index in [-0.39, 0.29) is 11.9 Å². The summed E-state index contributed by atoms with van der Waals surface area (Å²) in [6.45, 7) is 14.0. The van der Waals surface area contributed by atoms with Crippen LogP contribution < -0.4 is 4.74 Å². The highest BCUT2D eigenvalue weighted by Crippen LogP contribution is 2.42. The molecular weight excluding hydrogens is 592 g/mol. The molecule has 3 rings (SSSR count). The minimum absolute atomic E-state index is 0.0767. The molecule has 1 aliphatic heterocycles. The molecule has 0 bridgehead atoms. The van der Waals surface area contributed by atoms with Gasteiger partial charge >= 0.3 is 0 Å². The Labute approximate surface area is 276 Å². The highest BCUT2D eigenvalue weighted by molar-refractivity contribution is 6.31. The molecule has 7 nitrogen and oxygen atoms in total. The Hall–Kier alpha value is -1.87. The number of unbranched alkanes of at least 4 members (excludes halogenated alkanes) is 4. The minimum atomic E-state index is -0.601. The normalized spacial score (nSPS) is 21.7. The van der Waals surface area contributed by atoms with Crippen LogP contribution in [0.15, 0.2) is 36.4 Å². The number of halogens is 1. The third-order valence-corrected chi connectivity index (χ3v) is 8.47. The van der Waals surface area contributed by atoms with Crippen LogP contribution in [-0.2, 0) is 30.1 Å². The zero-order valence-corrected chi connectivity index (χ0v) is 29.0. The van der Waals surface area contributed by atoms with Crippen LogP contribution in [0.3, 0.4) is 0 Å². The van der Waals surface area contributed by atoms with Crippen LogP contribution in [0.4, 0.5) is 0 Å². The quantitative estimate of drug-likeness (QED) is 0.128. The highest BCUT2D eigenvalue weighted by Gasteiger charge is 2.49. The lowest BCUT2D eigenvalue weighted by Gasteiger charge is -2.46. The largest absolute Gasteiger partial charge is 0.508 e. The molecule has 45 heavy (non-hydrogen) atoms. The van der Waals surface area contributed by atoms with Gasteiger partial charge < -0.3 is 33.5 Å². The third-order valence-electron chi connectivity index (χ3n) is 8.11. The minimum Gasteiger partial charge on any atom is -0.508 e. The molecule has 0 radical (unpaired) electrons. The second-order valence-electron chi connectivity index (χ2n) is 11.8. The summed E-state index contributed by atoms with van der Waals surface area (Å²) >= 11 is 6.72. The lowest BCUT2D eigenvalue weighted by molar-refractivity contribution is -0.268. The first-order valence-electron chi connectivity index (χ1n) is 17.3. The summed E-state index contributed by atoms with van der Waals surface area (Å²) in [7, 11) is 0.